The first-order valence-electron chi connectivity index (χ1n) is 3.29. The maximum atomic E-state index is 13.1. The van der Waals surface area contributed by atoms with Crippen LogP contribution in [0.2, 0.25) is 0 Å². The van der Waals surface area contributed by atoms with E-state index in [0.717, 1.165) is 6.20 Å². The zero-order valence-corrected chi connectivity index (χ0v) is 7.85. The lowest BCUT2D eigenvalue weighted by Crippen LogP contribution is -2.01. The van der Waals surface area contributed by atoms with E-state index in [0.29, 0.717) is 0 Å². The van der Waals surface area contributed by atoms with Crippen molar-refractivity contribution in [2.24, 2.45) is 0 Å². The van der Waals surface area contributed by atoms with Gasteiger partial charge in [0.1, 0.15) is 5.69 Å². The minimum Gasteiger partial charge on any atom is -0.390 e. The van der Waals surface area contributed by atoms with Crippen LogP contribution in [0.1, 0.15) is 17.7 Å². The quantitative estimate of drug-likeness (QED) is 0.881. The molecule has 0 aliphatic carbocycles. The summed E-state index contributed by atoms with van der Waals surface area (Å²) in [5.41, 5.74) is -1.14. The van der Waals surface area contributed by atoms with Crippen molar-refractivity contribution in [3.05, 3.63) is 27.7 Å². The largest absolute Gasteiger partial charge is 0.390 e. The average molecular weight is 256 g/mol. The second-order valence-corrected chi connectivity index (χ2v) is 3.09. The summed E-state index contributed by atoms with van der Waals surface area (Å²) in [6, 6.07) is 0. The first-order chi connectivity index (χ1) is 6.07. The van der Waals surface area contributed by atoms with Crippen molar-refractivity contribution in [2.45, 2.75) is 13.0 Å². The van der Waals surface area contributed by atoms with Crippen LogP contribution >= 0.6 is 15.9 Å². The maximum Gasteiger partial charge on any atom is 0.267 e. The highest BCUT2D eigenvalue weighted by atomic mass is 79.9. The molecule has 13 heavy (non-hydrogen) atoms. The molecular weight excluding hydrogens is 251 g/mol. The fourth-order valence-corrected chi connectivity index (χ4v) is 1.28. The highest BCUT2D eigenvalue weighted by molar-refractivity contribution is 9.10. The average Bonchev–Trinajstić information content (AvgIpc) is 2.04. The van der Waals surface area contributed by atoms with Crippen LogP contribution in [0.25, 0.3) is 0 Å². The van der Waals surface area contributed by atoms with Crippen molar-refractivity contribution < 1.29 is 18.3 Å². The van der Waals surface area contributed by atoms with Crippen molar-refractivity contribution >= 4 is 15.9 Å². The highest BCUT2D eigenvalue weighted by Gasteiger charge is 2.20. The van der Waals surface area contributed by atoms with E-state index in [-0.39, 0.29) is 10.2 Å². The van der Waals surface area contributed by atoms with Crippen LogP contribution in [0.3, 0.4) is 0 Å². The molecule has 6 heteroatoms. The summed E-state index contributed by atoms with van der Waals surface area (Å²) in [5, 5.41) is 8.55. The van der Waals surface area contributed by atoms with Gasteiger partial charge in [0, 0.05) is 10.7 Å². The van der Waals surface area contributed by atoms with E-state index in [4.69, 9.17) is 5.11 Å². The molecule has 0 saturated heterocycles. The molecule has 0 unspecified atom stereocenters. The van der Waals surface area contributed by atoms with Crippen LogP contribution in [0, 0.1) is 5.82 Å². The molecule has 1 N–H and O–H groups in total. The zero-order chi connectivity index (χ0) is 10.0. The monoisotopic (exact) mass is 255 g/mol. The predicted octanol–water partition coefficient (Wildman–Crippen LogP) is 2.41. The van der Waals surface area contributed by atoms with Gasteiger partial charge in [0.15, 0.2) is 5.82 Å². The Morgan fingerprint density at radius 1 is 1.54 bits per heavy atom. The predicted molar refractivity (Wildman–Crippen MR) is 42.8 cm³/mol. The van der Waals surface area contributed by atoms with E-state index in [1.54, 1.807) is 0 Å². The van der Waals surface area contributed by atoms with E-state index >= 15 is 0 Å². The van der Waals surface area contributed by atoms with Gasteiger partial charge in [0.25, 0.3) is 6.43 Å². The van der Waals surface area contributed by atoms with Gasteiger partial charge in [-0.25, -0.2) is 13.2 Å². The van der Waals surface area contributed by atoms with Crippen LogP contribution in [-0.2, 0) is 6.61 Å². The Hall–Kier alpha value is -0.620. The third-order valence-corrected chi connectivity index (χ3v) is 2.08. The second-order valence-electron chi connectivity index (χ2n) is 2.24. The molecule has 0 aliphatic rings. The first kappa shape index (κ1) is 10.5. The number of halogens is 4. The summed E-state index contributed by atoms with van der Waals surface area (Å²) in [7, 11) is 0. The molecule has 2 nitrogen and oxygen atoms in total. The smallest absolute Gasteiger partial charge is 0.267 e. The van der Waals surface area contributed by atoms with Gasteiger partial charge in [-0.2, -0.15) is 0 Å². The molecule has 72 valence electrons. The van der Waals surface area contributed by atoms with Crippen molar-refractivity contribution in [3.63, 3.8) is 0 Å². The van der Waals surface area contributed by atoms with Crippen LogP contribution in [0.5, 0.6) is 0 Å². The summed E-state index contributed by atoms with van der Waals surface area (Å²) in [6.07, 6.45) is -1.89. The minimum atomic E-state index is -2.93. The summed E-state index contributed by atoms with van der Waals surface area (Å²) in [5.74, 6) is -1.16. The molecule has 0 saturated carbocycles. The molecule has 0 aromatic carbocycles. The number of aliphatic hydroxyl groups excluding tert-OH is 1. The van der Waals surface area contributed by atoms with E-state index in [2.05, 4.69) is 20.9 Å². The molecule has 0 spiro atoms. The Labute approximate surface area is 80.5 Å². The third-order valence-electron chi connectivity index (χ3n) is 1.45. The van der Waals surface area contributed by atoms with Crippen molar-refractivity contribution in [1.29, 1.82) is 0 Å². The van der Waals surface area contributed by atoms with Gasteiger partial charge in [-0.15, -0.1) is 0 Å². The van der Waals surface area contributed by atoms with Gasteiger partial charge < -0.3 is 5.11 Å². The Bertz CT molecular complexity index is 319. The Morgan fingerprint density at radius 3 is 2.62 bits per heavy atom. The van der Waals surface area contributed by atoms with Gasteiger partial charge in [-0.05, 0) is 15.9 Å². The lowest BCUT2D eigenvalue weighted by atomic mass is 10.2. The van der Waals surface area contributed by atoms with Crippen molar-refractivity contribution in [1.82, 2.24) is 4.98 Å². The summed E-state index contributed by atoms with van der Waals surface area (Å²) in [4.78, 5) is 3.43. The molecule has 0 fully saturated rings. The van der Waals surface area contributed by atoms with Gasteiger partial charge in [-0.1, -0.05) is 0 Å². The van der Waals surface area contributed by atoms with Crippen LogP contribution in [0.15, 0.2) is 10.7 Å². The van der Waals surface area contributed by atoms with Crippen LogP contribution in [-0.4, -0.2) is 10.1 Å². The second kappa shape index (κ2) is 4.06. The summed E-state index contributed by atoms with van der Waals surface area (Å²) < 4.78 is 37.4. The van der Waals surface area contributed by atoms with E-state index in [9.17, 15) is 13.2 Å². The number of pyridine rings is 1. The third kappa shape index (κ3) is 2.00. The van der Waals surface area contributed by atoms with Crippen molar-refractivity contribution in [3.8, 4) is 0 Å². The lowest BCUT2D eigenvalue weighted by Gasteiger charge is -2.06. The number of aromatic nitrogens is 1. The standard InChI is InChI=1S/C7H5BrF3NO/c8-3-1-12-4(2-13)6(9)5(3)7(10)11/h1,7,13H,2H2. The molecule has 1 rings (SSSR count). The van der Waals surface area contributed by atoms with Gasteiger partial charge in [0.2, 0.25) is 0 Å². The number of nitrogens with zero attached hydrogens (tertiary/aromatic N) is 1. The van der Waals surface area contributed by atoms with Crippen molar-refractivity contribution in [2.75, 3.05) is 0 Å². The highest BCUT2D eigenvalue weighted by Crippen LogP contribution is 2.30. The topological polar surface area (TPSA) is 33.1 Å². The van der Waals surface area contributed by atoms with Gasteiger partial charge in [-0.3, -0.25) is 4.98 Å². The van der Waals surface area contributed by atoms with Gasteiger partial charge in [0.05, 0.1) is 12.2 Å². The normalized spacial score (nSPS) is 10.9. The SMILES string of the molecule is OCc1ncc(Br)c(C(F)F)c1F. The molecule has 0 aliphatic heterocycles. The molecule has 1 aromatic heterocycles. The van der Waals surface area contributed by atoms with Crippen LogP contribution in [0.4, 0.5) is 13.2 Å². The molecule has 0 radical (unpaired) electrons. The molecule has 1 heterocycles. The number of rotatable bonds is 2. The van der Waals surface area contributed by atoms with Gasteiger partial charge >= 0.3 is 0 Å². The van der Waals surface area contributed by atoms with Crippen LogP contribution < -0.4 is 0 Å². The Kier molecular flexibility index (Phi) is 3.27. The fourth-order valence-electron chi connectivity index (χ4n) is 0.831. The molecule has 1 aromatic rings. The molecule has 0 amide bonds. The minimum absolute atomic E-state index is 0.0998. The summed E-state index contributed by atoms with van der Waals surface area (Å²) in [6.45, 7) is -0.696. The molecule has 0 bridgehead atoms. The zero-order valence-electron chi connectivity index (χ0n) is 6.27. The fraction of sp³-hybridized carbons (Fsp3) is 0.286. The lowest BCUT2D eigenvalue weighted by molar-refractivity contribution is 0.144. The first-order valence-corrected chi connectivity index (χ1v) is 4.09. The Balaban J connectivity index is 3.30. The molecule has 0 atom stereocenters. The summed E-state index contributed by atoms with van der Waals surface area (Å²) >= 11 is 2.75. The number of alkyl halides is 2. The van der Waals surface area contributed by atoms with E-state index in [1.165, 1.54) is 0 Å². The number of hydrogen-bond donors (Lipinski definition) is 1. The number of hydrogen-bond acceptors (Lipinski definition) is 2. The maximum absolute atomic E-state index is 13.1. The van der Waals surface area contributed by atoms with E-state index < -0.39 is 24.4 Å². The Morgan fingerprint density at radius 2 is 2.15 bits per heavy atom. The number of aliphatic hydroxyl groups is 1. The van der Waals surface area contributed by atoms with E-state index in [1.807, 2.05) is 0 Å². The molecular formula is C7H5BrF3NO.